The average molecular weight is 245 g/mol. The van der Waals surface area contributed by atoms with Crippen molar-refractivity contribution in [3.63, 3.8) is 0 Å². The molecule has 1 aromatic carbocycles. The lowest BCUT2D eigenvalue weighted by molar-refractivity contribution is 0.283. The van der Waals surface area contributed by atoms with Gasteiger partial charge in [-0.25, -0.2) is 4.39 Å². The molecule has 0 unspecified atom stereocenters. The third-order valence-electron chi connectivity index (χ3n) is 3.62. The first-order valence-electron chi connectivity index (χ1n) is 6.29. The fourth-order valence-electron chi connectivity index (χ4n) is 2.48. The summed E-state index contributed by atoms with van der Waals surface area (Å²) in [7, 11) is 0. The molecule has 4 heteroatoms. The molecule has 2 aromatic rings. The van der Waals surface area contributed by atoms with E-state index in [-0.39, 0.29) is 5.82 Å². The monoisotopic (exact) mass is 245 g/mol. The van der Waals surface area contributed by atoms with E-state index < -0.39 is 0 Å². The number of halogens is 1. The molecule has 2 N–H and O–H groups in total. The number of rotatable bonds is 4. The first-order valence-corrected chi connectivity index (χ1v) is 6.29. The predicted molar refractivity (Wildman–Crippen MR) is 67.6 cm³/mol. The van der Waals surface area contributed by atoms with Crippen LogP contribution in [0.2, 0.25) is 0 Å². The van der Waals surface area contributed by atoms with E-state index in [4.69, 9.17) is 0 Å². The summed E-state index contributed by atoms with van der Waals surface area (Å²) in [6.07, 6.45) is 3.77. The number of nitrogens with zero attached hydrogens (tertiary/aromatic N) is 1. The van der Waals surface area contributed by atoms with Gasteiger partial charge in [0.1, 0.15) is 5.82 Å². The van der Waals surface area contributed by atoms with Crippen molar-refractivity contribution in [1.29, 1.82) is 0 Å². The Hall–Kier alpha value is -1.68. The highest BCUT2D eigenvalue weighted by Gasteiger charge is 2.31. The van der Waals surface area contributed by atoms with Crippen LogP contribution < -0.4 is 5.32 Å². The summed E-state index contributed by atoms with van der Waals surface area (Å²) < 4.78 is 13.6. The maximum Gasteiger partial charge on any atom is 0.126 e. The molecule has 0 atom stereocenters. The topological polar surface area (TPSA) is 40.7 Å². The first-order chi connectivity index (χ1) is 8.83. The van der Waals surface area contributed by atoms with Crippen molar-refractivity contribution in [3.8, 4) is 0 Å². The number of aromatic nitrogens is 2. The van der Waals surface area contributed by atoms with Crippen LogP contribution >= 0.6 is 0 Å². The van der Waals surface area contributed by atoms with Crippen LogP contribution in [-0.2, 0) is 6.54 Å². The number of nitrogens with one attached hydrogen (secondary N) is 2. The molecule has 0 amide bonds. The molecule has 0 saturated heterocycles. The SMILES string of the molecule is Fc1ccccc1C1CC(NCc2ccn[nH]2)C1. The second-order valence-electron chi connectivity index (χ2n) is 4.85. The second-order valence-corrected chi connectivity index (χ2v) is 4.85. The van der Waals surface area contributed by atoms with Crippen LogP contribution in [0.3, 0.4) is 0 Å². The molecule has 0 spiro atoms. The lowest BCUT2D eigenvalue weighted by atomic mass is 9.75. The zero-order valence-corrected chi connectivity index (χ0v) is 10.1. The fourth-order valence-corrected chi connectivity index (χ4v) is 2.48. The predicted octanol–water partition coefficient (Wildman–Crippen LogP) is 2.58. The Bertz CT molecular complexity index is 504. The van der Waals surface area contributed by atoms with Gasteiger partial charge >= 0.3 is 0 Å². The molecule has 0 radical (unpaired) electrons. The third kappa shape index (κ3) is 2.29. The van der Waals surface area contributed by atoms with Crippen molar-refractivity contribution in [1.82, 2.24) is 15.5 Å². The van der Waals surface area contributed by atoms with Gasteiger partial charge in [0.25, 0.3) is 0 Å². The van der Waals surface area contributed by atoms with E-state index in [0.717, 1.165) is 30.6 Å². The fraction of sp³-hybridized carbons (Fsp3) is 0.357. The number of benzene rings is 1. The van der Waals surface area contributed by atoms with Crippen molar-refractivity contribution in [3.05, 3.63) is 53.6 Å². The molecule has 3 nitrogen and oxygen atoms in total. The zero-order valence-electron chi connectivity index (χ0n) is 10.1. The molecule has 3 rings (SSSR count). The van der Waals surface area contributed by atoms with Crippen molar-refractivity contribution in [2.24, 2.45) is 0 Å². The number of aromatic amines is 1. The molecule has 0 bridgehead atoms. The smallest absolute Gasteiger partial charge is 0.126 e. The molecule has 1 fully saturated rings. The van der Waals surface area contributed by atoms with Gasteiger partial charge in [0.15, 0.2) is 0 Å². The van der Waals surface area contributed by atoms with Crippen LogP contribution in [0.4, 0.5) is 4.39 Å². The average Bonchev–Trinajstić information content (AvgIpc) is 2.82. The Morgan fingerprint density at radius 3 is 2.83 bits per heavy atom. The van der Waals surface area contributed by atoms with Gasteiger partial charge in [-0.3, -0.25) is 5.10 Å². The van der Waals surface area contributed by atoms with Gasteiger partial charge in [-0.15, -0.1) is 0 Å². The normalized spacial score (nSPS) is 22.7. The molecule has 1 aliphatic carbocycles. The van der Waals surface area contributed by atoms with Gasteiger partial charge < -0.3 is 5.32 Å². The summed E-state index contributed by atoms with van der Waals surface area (Å²) in [6.45, 7) is 0.800. The molecule has 1 aliphatic rings. The van der Waals surface area contributed by atoms with Crippen LogP contribution in [0, 0.1) is 5.82 Å². The summed E-state index contributed by atoms with van der Waals surface area (Å²) in [5.74, 6) is 0.292. The van der Waals surface area contributed by atoms with E-state index in [2.05, 4.69) is 15.5 Å². The maximum atomic E-state index is 13.6. The largest absolute Gasteiger partial charge is 0.308 e. The number of hydrogen-bond acceptors (Lipinski definition) is 2. The minimum absolute atomic E-state index is 0.0745. The summed E-state index contributed by atoms with van der Waals surface area (Å²) >= 11 is 0. The van der Waals surface area contributed by atoms with E-state index in [1.165, 1.54) is 0 Å². The van der Waals surface area contributed by atoms with E-state index in [9.17, 15) is 4.39 Å². The van der Waals surface area contributed by atoms with Crippen molar-refractivity contribution < 1.29 is 4.39 Å². The molecule has 94 valence electrons. The Balaban J connectivity index is 1.50. The number of H-pyrrole nitrogens is 1. The minimum atomic E-state index is -0.0745. The quantitative estimate of drug-likeness (QED) is 0.869. The lowest BCUT2D eigenvalue weighted by Crippen LogP contribution is -2.39. The van der Waals surface area contributed by atoms with E-state index >= 15 is 0 Å². The van der Waals surface area contributed by atoms with Gasteiger partial charge in [-0.1, -0.05) is 18.2 Å². The standard InChI is InChI=1S/C14H16FN3/c15-14-4-2-1-3-13(14)10-7-12(8-10)16-9-11-5-6-17-18-11/h1-6,10,12,16H,7-9H2,(H,17,18). The van der Waals surface area contributed by atoms with Gasteiger partial charge in [-0.05, 0) is 36.5 Å². The lowest BCUT2D eigenvalue weighted by Gasteiger charge is -2.36. The number of hydrogen-bond donors (Lipinski definition) is 2. The second kappa shape index (κ2) is 4.90. The highest BCUT2D eigenvalue weighted by molar-refractivity contribution is 5.24. The molecule has 1 heterocycles. The van der Waals surface area contributed by atoms with Gasteiger partial charge in [0, 0.05) is 24.5 Å². The van der Waals surface area contributed by atoms with Crippen LogP contribution in [0.1, 0.15) is 30.0 Å². The van der Waals surface area contributed by atoms with Crippen LogP contribution in [0.25, 0.3) is 0 Å². The maximum absolute atomic E-state index is 13.6. The van der Waals surface area contributed by atoms with Gasteiger partial charge in [-0.2, -0.15) is 5.10 Å². The highest BCUT2D eigenvalue weighted by atomic mass is 19.1. The first kappa shape index (κ1) is 11.4. The van der Waals surface area contributed by atoms with E-state index in [1.54, 1.807) is 18.3 Å². The molecule has 0 aliphatic heterocycles. The third-order valence-corrected chi connectivity index (χ3v) is 3.62. The van der Waals surface area contributed by atoms with Crippen molar-refractivity contribution in [2.45, 2.75) is 31.3 Å². The van der Waals surface area contributed by atoms with Gasteiger partial charge in [0.05, 0.1) is 0 Å². The van der Waals surface area contributed by atoms with E-state index in [0.29, 0.717) is 12.0 Å². The Labute approximate surface area is 105 Å². The summed E-state index contributed by atoms with van der Waals surface area (Å²) in [5, 5.41) is 10.3. The van der Waals surface area contributed by atoms with Crippen molar-refractivity contribution >= 4 is 0 Å². The molecule has 18 heavy (non-hydrogen) atoms. The zero-order chi connectivity index (χ0) is 12.4. The molecular weight excluding hydrogens is 229 g/mol. The van der Waals surface area contributed by atoms with Crippen molar-refractivity contribution in [2.75, 3.05) is 0 Å². The summed E-state index contributed by atoms with van der Waals surface area (Å²) in [5.41, 5.74) is 1.95. The summed E-state index contributed by atoms with van der Waals surface area (Å²) in [4.78, 5) is 0. The molecule has 1 aromatic heterocycles. The minimum Gasteiger partial charge on any atom is -0.308 e. The Morgan fingerprint density at radius 2 is 2.11 bits per heavy atom. The van der Waals surface area contributed by atoms with Gasteiger partial charge in [0.2, 0.25) is 0 Å². The van der Waals surface area contributed by atoms with Crippen LogP contribution in [0.15, 0.2) is 36.5 Å². The summed E-state index contributed by atoms with van der Waals surface area (Å²) in [6, 6.07) is 9.53. The van der Waals surface area contributed by atoms with Crippen LogP contribution in [0.5, 0.6) is 0 Å². The molecule has 1 saturated carbocycles. The highest BCUT2D eigenvalue weighted by Crippen LogP contribution is 2.37. The Kier molecular flexibility index (Phi) is 3.11. The van der Waals surface area contributed by atoms with E-state index in [1.807, 2.05) is 18.2 Å². The van der Waals surface area contributed by atoms with Crippen LogP contribution in [-0.4, -0.2) is 16.2 Å². The Morgan fingerprint density at radius 1 is 1.28 bits per heavy atom. The molecular formula is C14H16FN3.